The summed E-state index contributed by atoms with van der Waals surface area (Å²) < 4.78 is 25.5. The van der Waals surface area contributed by atoms with Gasteiger partial charge in [0.15, 0.2) is 9.84 Å². The van der Waals surface area contributed by atoms with Gasteiger partial charge in [-0.05, 0) is 43.2 Å². The molecule has 1 amide bonds. The van der Waals surface area contributed by atoms with Crippen molar-refractivity contribution in [1.29, 1.82) is 0 Å². The standard InChI is InChI=1S/C19H19N3O3S/c23-19(14-6-7-17-18(12-14)21-13-20-17)22-10-8-16(9-11-22)26(24,25)15-4-2-1-3-5-15/h1-7,12-13,16H,8-11H2,(H,20,21). The number of amides is 1. The third-order valence-corrected chi connectivity index (χ3v) is 7.19. The van der Waals surface area contributed by atoms with E-state index in [1.54, 1.807) is 53.7 Å². The summed E-state index contributed by atoms with van der Waals surface area (Å²) in [7, 11) is -3.35. The lowest BCUT2D eigenvalue weighted by Gasteiger charge is -2.31. The summed E-state index contributed by atoms with van der Waals surface area (Å²) in [4.78, 5) is 22.0. The number of carbonyl (C=O) groups excluding carboxylic acids is 1. The van der Waals surface area contributed by atoms with Gasteiger partial charge in [-0.25, -0.2) is 13.4 Å². The number of imidazole rings is 1. The Labute approximate surface area is 151 Å². The van der Waals surface area contributed by atoms with Crippen molar-refractivity contribution in [2.24, 2.45) is 0 Å². The molecule has 1 aromatic heterocycles. The first kappa shape index (κ1) is 16.8. The Morgan fingerprint density at radius 3 is 2.54 bits per heavy atom. The van der Waals surface area contributed by atoms with Crippen LogP contribution in [0.15, 0.2) is 59.8 Å². The number of benzene rings is 2. The van der Waals surface area contributed by atoms with E-state index in [0.717, 1.165) is 11.0 Å². The maximum Gasteiger partial charge on any atom is 0.253 e. The molecule has 3 aromatic rings. The topological polar surface area (TPSA) is 83.1 Å². The van der Waals surface area contributed by atoms with Gasteiger partial charge in [0, 0.05) is 18.7 Å². The number of nitrogens with one attached hydrogen (secondary N) is 1. The molecule has 0 spiro atoms. The summed E-state index contributed by atoms with van der Waals surface area (Å²) in [6.45, 7) is 0.882. The summed E-state index contributed by atoms with van der Waals surface area (Å²) in [6.07, 6.45) is 2.50. The van der Waals surface area contributed by atoms with Crippen molar-refractivity contribution in [2.75, 3.05) is 13.1 Å². The first-order valence-electron chi connectivity index (χ1n) is 8.57. The van der Waals surface area contributed by atoms with Crippen molar-refractivity contribution in [2.45, 2.75) is 23.0 Å². The van der Waals surface area contributed by atoms with Gasteiger partial charge in [-0.3, -0.25) is 4.79 Å². The van der Waals surface area contributed by atoms with Crippen LogP contribution in [0.2, 0.25) is 0 Å². The van der Waals surface area contributed by atoms with Crippen LogP contribution in [-0.4, -0.2) is 47.5 Å². The van der Waals surface area contributed by atoms with Crippen molar-refractivity contribution in [3.8, 4) is 0 Å². The van der Waals surface area contributed by atoms with E-state index in [-0.39, 0.29) is 5.91 Å². The van der Waals surface area contributed by atoms with Gasteiger partial charge in [-0.2, -0.15) is 0 Å². The second-order valence-corrected chi connectivity index (χ2v) is 8.71. The minimum atomic E-state index is -3.35. The van der Waals surface area contributed by atoms with E-state index in [9.17, 15) is 13.2 Å². The molecule has 1 aliphatic heterocycles. The molecule has 1 fully saturated rings. The monoisotopic (exact) mass is 369 g/mol. The van der Waals surface area contributed by atoms with Gasteiger partial charge in [0.1, 0.15) is 0 Å². The molecular formula is C19H19N3O3S. The average molecular weight is 369 g/mol. The molecule has 0 aliphatic carbocycles. The molecule has 134 valence electrons. The fourth-order valence-corrected chi connectivity index (χ4v) is 5.18. The summed E-state index contributed by atoms with van der Waals surface area (Å²) in [6, 6.07) is 13.9. The molecule has 0 atom stereocenters. The maximum atomic E-state index is 12.7. The third kappa shape index (κ3) is 2.99. The van der Waals surface area contributed by atoms with Gasteiger partial charge in [0.25, 0.3) is 5.91 Å². The lowest BCUT2D eigenvalue weighted by molar-refractivity contribution is 0.0726. The number of piperidine rings is 1. The molecule has 1 aliphatic rings. The number of aromatic nitrogens is 2. The maximum absolute atomic E-state index is 12.7. The number of hydrogen-bond acceptors (Lipinski definition) is 4. The molecule has 26 heavy (non-hydrogen) atoms. The average Bonchev–Trinajstić information content (AvgIpc) is 3.16. The van der Waals surface area contributed by atoms with Crippen LogP contribution in [0.4, 0.5) is 0 Å². The Morgan fingerprint density at radius 1 is 1.08 bits per heavy atom. The molecule has 0 radical (unpaired) electrons. The van der Waals surface area contributed by atoms with E-state index in [4.69, 9.17) is 0 Å². The number of carbonyl (C=O) groups is 1. The van der Waals surface area contributed by atoms with Crippen molar-refractivity contribution in [3.63, 3.8) is 0 Å². The Balaban J connectivity index is 1.47. The van der Waals surface area contributed by atoms with Crippen LogP contribution in [0.25, 0.3) is 11.0 Å². The number of likely N-dealkylation sites (tertiary alicyclic amines) is 1. The lowest BCUT2D eigenvalue weighted by Crippen LogP contribution is -2.42. The number of rotatable bonds is 3. The molecule has 0 bridgehead atoms. The zero-order chi connectivity index (χ0) is 18.1. The first-order valence-corrected chi connectivity index (χ1v) is 10.1. The van der Waals surface area contributed by atoms with E-state index in [2.05, 4.69) is 9.97 Å². The van der Waals surface area contributed by atoms with Gasteiger partial charge >= 0.3 is 0 Å². The summed E-state index contributed by atoms with van der Waals surface area (Å²) in [5.41, 5.74) is 2.22. The van der Waals surface area contributed by atoms with Crippen LogP contribution in [0.5, 0.6) is 0 Å². The van der Waals surface area contributed by atoms with Crippen molar-refractivity contribution < 1.29 is 13.2 Å². The molecule has 6 nitrogen and oxygen atoms in total. The summed E-state index contributed by atoms with van der Waals surface area (Å²) in [5.74, 6) is -0.0722. The Hall–Kier alpha value is -2.67. The zero-order valence-electron chi connectivity index (χ0n) is 14.1. The van der Waals surface area contributed by atoms with E-state index in [1.807, 2.05) is 6.07 Å². The Morgan fingerprint density at radius 2 is 1.81 bits per heavy atom. The molecule has 2 aromatic carbocycles. The molecule has 0 saturated carbocycles. The predicted molar refractivity (Wildman–Crippen MR) is 98.6 cm³/mol. The highest BCUT2D eigenvalue weighted by atomic mass is 32.2. The lowest BCUT2D eigenvalue weighted by atomic mass is 10.1. The Bertz CT molecular complexity index is 1040. The number of nitrogens with zero attached hydrogens (tertiary/aromatic N) is 2. The molecule has 0 unspecified atom stereocenters. The minimum Gasteiger partial charge on any atom is -0.345 e. The molecule has 7 heteroatoms. The highest BCUT2D eigenvalue weighted by Gasteiger charge is 2.32. The van der Waals surface area contributed by atoms with Gasteiger partial charge in [-0.1, -0.05) is 18.2 Å². The van der Waals surface area contributed by atoms with Gasteiger partial charge in [-0.15, -0.1) is 0 Å². The van der Waals surface area contributed by atoms with Crippen LogP contribution in [0.3, 0.4) is 0 Å². The van der Waals surface area contributed by atoms with Crippen LogP contribution in [0, 0.1) is 0 Å². The number of H-pyrrole nitrogens is 1. The van der Waals surface area contributed by atoms with Crippen molar-refractivity contribution in [3.05, 3.63) is 60.4 Å². The number of fused-ring (bicyclic) bond motifs is 1. The minimum absolute atomic E-state index is 0.0722. The van der Waals surface area contributed by atoms with Crippen molar-refractivity contribution >= 4 is 26.8 Å². The molecule has 1 N–H and O–H groups in total. The Kier molecular flexibility index (Phi) is 4.24. The molecule has 1 saturated heterocycles. The number of sulfone groups is 1. The van der Waals surface area contributed by atoms with E-state index < -0.39 is 15.1 Å². The smallest absolute Gasteiger partial charge is 0.253 e. The molecule has 2 heterocycles. The normalized spacial score (nSPS) is 16.1. The summed E-state index contributed by atoms with van der Waals surface area (Å²) in [5, 5.41) is -0.441. The first-order chi connectivity index (χ1) is 12.6. The largest absolute Gasteiger partial charge is 0.345 e. The van der Waals surface area contributed by atoms with Gasteiger partial charge in [0.2, 0.25) is 0 Å². The van der Waals surface area contributed by atoms with Crippen LogP contribution in [0.1, 0.15) is 23.2 Å². The predicted octanol–water partition coefficient (Wildman–Crippen LogP) is 2.64. The quantitative estimate of drug-likeness (QED) is 0.769. The zero-order valence-corrected chi connectivity index (χ0v) is 14.9. The van der Waals surface area contributed by atoms with Gasteiger partial charge < -0.3 is 9.88 Å². The fourth-order valence-electron chi connectivity index (χ4n) is 3.42. The highest BCUT2D eigenvalue weighted by Crippen LogP contribution is 2.25. The van der Waals surface area contributed by atoms with E-state index in [1.165, 1.54) is 0 Å². The number of hydrogen-bond donors (Lipinski definition) is 1. The number of aromatic amines is 1. The SMILES string of the molecule is O=C(c1ccc2nc[nH]c2c1)N1CCC(S(=O)(=O)c2ccccc2)CC1. The van der Waals surface area contributed by atoms with Crippen molar-refractivity contribution in [1.82, 2.24) is 14.9 Å². The second kappa shape index (κ2) is 6.57. The van der Waals surface area contributed by atoms with Crippen LogP contribution < -0.4 is 0 Å². The third-order valence-electron chi connectivity index (χ3n) is 4.91. The van der Waals surface area contributed by atoms with Crippen LogP contribution >= 0.6 is 0 Å². The van der Waals surface area contributed by atoms with E-state index in [0.29, 0.717) is 36.4 Å². The molecule has 4 rings (SSSR count). The van der Waals surface area contributed by atoms with E-state index >= 15 is 0 Å². The van der Waals surface area contributed by atoms with Gasteiger partial charge in [0.05, 0.1) is 27.5 Å². The second-order valence-electron chi connectivity index (χ2n) is 6.48. The fraction of sp³-hybridized carbons (Fsp3) is 0.263. The van der Waals surface area contributed by atoms with Crippen LogP contribution in [-0.2, 0) is 9.84 Å². The highest BCUT2D eigenvalue weighted by molar-refractivity contribution is 7.92. The molecular weight excluding hydrogens is 350 g/mol. The summed E-state index contributed by atoms with van der Waals surface area (Å²) >= 11 is 0.